The first kappa shape index (κ1) is 20.9. The van der Waals surface area contributed by atoms with Crippen molar-refractivity contribution in [3.63, 3.8) is 0 Å². The average Bonchev–Trinajstić information content (AvgIpc) is 3.12. The van der Waals surface area contributed by atoms with Crippen LogP contribution in [0.3, 0.4) is 0 Å². The Kier molecular flexibility index (Phi) is 6.69. The van der Waals surface area contributed by atoms with Crippen LogP contribution in [-0.2, 0) is 20.7 Å². The van der Waals surface area contributed by atoms with Gasteiger partial charge in [-0.15, -0.1) is 0 Å². The van der Waals surface area contributed by atoms with Crippen LogP contribution in [0.4, 0.5) is 5.82 Å². The highest BCUT2D eigenvalue weighted by Crippen LogP contribution is 2.27. The van der Waals surface area contributed by atoms with Gasteiger partial charge in [-0.3, -0.25) is 9.59 Å². The van der Waals surface area contributed by atoms with E-state index < -0.39 is 18.5 Å². The summed E-state index contributed by atoms with van der Waals surface area (Å²) < 4.78 is 17.1. The lowest BCUT2D eigenvalue weighted by atomic mass is 10.1. The first-order valence-corrected chi connectivity index (χ1v) is 9.28. The van der Waals surface area contributed by atoms with Gasteiger partial charge in [0.1, 0.15) is 5.82 Å². The summed E-state index contributed by atoms with van der Waals surface area (Å²) in [5.74, 6) is 0.613. The zero-order valence-corrected chi connectivity index (χ0v) is 17.0. The molecule has 1 aromatic heterocycles. The van der Waals surface area contributed by atoms with Crippen molar-refractivity contribution >= 4 is 17.7 Å². The number of ether oxygens (including phenoxy) is 3. The molecule has 2 aromatic carbocycles. The van der Waals surface area contributed by atoms with Crippen molar-refractivity contribution in [2.24, 2.45) is 0 Å². The molecule has 3 aromatic rings. The molecule has 0 saturated heterocycles. The molecule has 0 fully saturated rings. The van der Waals surface area contributed by atoms with E-state index in [1.54, 1.807) is 28.9 Å². The quantitative estimate of drug-likeness (QED) is 0.575. The summed E-state index contributed by atoms with van der Waals surface area (Å²) in [6.45, 7) is 1.43. The highest BCUT2D eigenvalue weighted by molar-refractivity contribution is 5.92. The van der Waals surface area contributed by atoms with Gasteiger partial charge in [0.05, 0.1) is 32.0 Å². The Labute approximate surface area is 174 Å². The average molecular weight is 409 g/mol. The molecule has 1 amide bonds. The highest BCUT2D eigenvalue weighted by atomic mass is 16.5. The summed E-state index contributed by atoms with van der Waals surface area (Å²) in [7, 11) is 3.06. The van der Waals surface area contributed by atoms with E-state index in [0.29, 0.717) is 22.9 Å². The molecule has 0 aliphatic carbocycles. The number of para-hydroxylation sites is 1. The van der Waals surface area contributed by atoms with Crippen LogP contribution in [-0.4, -0.2) is 42.5 Å². The number of rotatable bonds is 8. The molecule has 30 heavy (non-hydrogen) atoms. The molecule has 0 atom stereocenters. The molecule has 0 aliphatic heterocycles. The van der Waals surface area contributed by atoms with Gasteiger partial charge in [0.2, 0.25) is 0 Å². The number of hydrogen-bond acceptors (Lipinski definition) is 6. The summed E-state index contributed by atoms with van der Waals surface area (Å²) in [5.41, 5.74) is 2.25. The Morgan fingerprint density at radius 3 is 2.43 bits per heavy atom. The number of methoxy groups -OCH3 is 2. The van der Waals surface area contributed by atoms with Gasteiger partial charge in [0.25, 0.3) is 5.91 Å². The Balaban J connectivity index is 1.57. The largest absolute Gasteiger partial charge is 0.493 e. The number of nitrogens with zero attached hydrogens (tertiary/aromatic N) is 2. The van der Waals surface area contributed by atoms with Crippen molar-refractivity contribution < 1.29 is 23.8 Å². The van der Waals surface area contributed by atoms with E-state index in [1.807, 2.05) is 37.3 Å². The van der Waals surface area contributed by atoms with E-state index in [2.05, 4.69) is 10.4 Å². The van der Waals surface area contributed by atoms with Gasteiger partial charge in [-0.2, -0.15) is 5.10 Å². The number of amides is 1. The molecule has 1 N–H and O–H groups in total. The van der Waals surface area contributed by atoms with Crippen molar-refractivity contribution in [2.75, 3.05) is 26.1 Å². The zero-order valence-electron chi connectivity index (χ0n) is 17.0. The molecule has 8 nitrogen and oxygen atoms in total. The predicted molar refractivity (Wildman–Crippen MR) is 111 cm³/mol. The fourth-order valence-corrected chi connectivity index (χ4v) is 2.89. The van der Waals surface area contributed by atoms with E-state index in [-0.39, 0.29) is 6.42 Å². The predicted octanol–water partition coefficient (Wildman–Crippen LogP) is 2.92. The maximum atomic E-state index is 12.3. The number of esters is 1. The molecule has 0 bridgehead atoms. The molecule has 8 heteroatoms. The van der Waals surface area contributed by atoms with Gasteiger partial charge in [0, 0.05) is 6.07 Å². The summed E-state index contributed by atoms with van der Waals surface area (Å²) in [4.78, 5) is 24.4. The fraction of sp³-hybridized carbons (Fsp3) is 0.227. The Bertz CT molecular complexity index is 1030. The van der Waals surface area contributed by atoms with Gasteiger partial charge in [-0.1, -0.05) is 24.3 Å². The summed E-state index contributed by atoms with van der Waals surface area (Å²) in [5, 5.41) is 7.12. The number of aromatic nitrogens is 2. The maximum Gasteiger partial charge on any atom is 0.310 e. The number of carbonyl (C=O) groups excluding carboxylic acids is 2. The van der Waals surface area contributed by atoms with Crippen molar-refractivity contribution in [1.29, 1.82) is 0 Å². The first-order chi connectivity index (χ1) is 14.5. The van der Waals surface area contributed by atoms with Crippen LogP contribution in [0, 0.1) is 6.92 Å². The van der Waals surface area contributed by atoms with Crippen molar-refractivity contribution in [3.05, 3.63) is 65.9 Å². The molecule has 1 heterocycles. The smallest absolute Gasteiger partial charge is 0.310 e. The van der Waals surface area contributed by atoms with E-state index in [0.717, 1.165) is 11.4 Å². The van der Waals surface area contributed by atoms with Crippen LogP contribution in [0.25, 0.3) is 5.69 Å². The molecule has 0 radical (unpaired) electrons. The SMILES string of the molecule is COc1ccc(CC(=O)OCC(=O)Nc2cc(C)nn2-c2ccccc2)cc1OC. The number of aryl methyl sites for hydroxylation is 1. The van der Waals surface area contributed by atoms with Gasteiger partial charge >= 0.3 is 5.97 Å². The minimum Gasteiger partial charge on any atom is -0.493 e. The standard InChI is InChI=1S/C22H23N3O5/c1-15-11-20(25(24-15)17-7-5-4-6-8-17)23-21(26)14-30-22(27)13-16-9-10-18(28-2)19(12-16)29-3/h4-12H,13-14H2,1-3H3,(H,23,26). The third-order valence-electron chi connectivity index (χ3n) is 4.26. The maximum absolute atomic E-state index is 12.3. The van der Waals surface area contributed by atoms with Gasteiger partial charge in [-0.05, 0) is 36.8 Å². The number of nitrogens with one attached hydrogen (secondary N) is 1. The molecule has 156 valence electrons. The van der Waals surface area contributed by atoms with E-state index in [1.165, 1.54) is 14.2 Å². The van der Waals surface area contributed by atoms with Crippen LogP contribution in [0.1, 0.15) is 11.3 Å². The Morgan fingerprint density at radius 2 is 1.73 bits per heavy atom. The van der Waals surface area contributed by atoms with Crippen molar-refractivity contribution in [1.82, 2.24) is 9.78 Å². The minimum atomic E-state index is -0.523. The molecular weight excluding hydrogens is 386 g/mol. The van der Waals surface area contributed by atoms with Crippen LogP contribution >= 0.6 is 0 Å². The zero-order chi connectivity index (χ0) is 21.5. The fourth-order valence-electron chi connectivity index (χ4n) is 2.89. The minimum absolute atomic E-state index is 0.00862. The Hall–Kier alpha value is -3.81. The third-order valence-corrected chi connectivity index (χ3v) is 4.26. The topological polar surface area (TPSA) is 91.7 Å². The molecule has 0 spiro atoms. The van der Waals surface area contributed by atoms with Gasteiger partial charge < -0.3 is 19.5 Å². The van der Waals surface area contributed by atoms with E-state index in [4.69, 9.17) is 14.2 Å². The van der Waals surface area contributed by atoms with Crippen LogP contribution < -0.4 is 14.8 Å². The third kappa shape index (κ3) is 5.16. The van der Waals surface area contributed by atoms with Crippen LogP contribution in [0.15, 0.2) is 54.6 Å². The van der Waals surface area contributed by atoms with E-state index >= 15 is 0 Å². The highest BCUT2D eigenvalue weighted by Gasteiger charge is 2.14. The number of hydrogen-bond donors (Lipinski definition) is 1. The van der Waals surface area contributed by atoms with Crippen LogP contribution in [0.2, 0.25) is 0 Å². The lowest BCUT2D eigenvalue weighted by Crippen LogP contribution is -2.23. The summed E-state index contributed by atoms with van der Waals surface area (Å²) >= 11 is 0. The monoisotopic (exact) mass is 409 g/mol. The van der Waals surface area contributed by atoms with Crippen molar-refractivity contribution in [3.8, 4) is 17.2 Å². The second-order valence-corrected chi connectivity index (χ2v) is 6.49. The van der Waals surface area contributed by atoms with Crippen LogP contribution in [0.5, 0.6) is 11.5 Å². The second-order valence-electron chi connectivity index (χ2n) is 6.49. The molecule has 0 saturated carbocycles. The molecule has 3 rings (SSSR count). The lowest BCUT2D eigenvalue weighted by molar-refractivity contribution is -0.146. The summed E-state index contributed by atoms with van der Waals surface area (Å²) in [6, 6.07) is 16.3. The van der Waals surface area contributed by atoms with E-state index in [9.17, 15) is 9.59 Å². The number of carbonyl (C=O) groups is 2. The number of benzene rings is 2. The second kappa shape index (κ2) is 9.60. The lowest BCUT2D eigenvalue weighted by Gasteiger charge is -2.10. The van der Waals surface area contributed by atoms with Gasteiger partial charge in [-0.25, -0.2) is 4.68 Å². The van der Waals surface area contributed by atoms with Gasteiger partial charge in [0.15, 0.2) is 18.1 Å². The Morgan fingerprint density at radius 1 is 1.00 bits per heavy atom. The molecular formula is C22H23N3O5. The summed E-state index contributed by atoms with van der Waals surface area (Å²) in [6.07, 6.45) is 0.00862. The number of anilines is 1. The molecule has 0 unspecified atom stereocenters. The first-order valence-electron chi connectivity index (χ1n) is 9.28. The van der Waals surface area contributed by atoms with Crippen molar-refractivity contribution in [2.45, 2.75) is 13.3 Å². The molecule has 0 aliphatic rings. The normalized spacial score (nSPS) is 10.4.